The molecule has 0 aromatic heterocycles. The Hall–Kier alpha value is -0.220. The fourth-order valence-electron chi connectivity index (χ4n) is 1.50. The van der Waals surface area contributed by atoms with Crippen molar-refractivity contribution in [2.24, 2.45) is 5.73 Å². The zero-order chi connectivity index (χ0) is 10.7. The van der Waals surface area contributed by atoms with Crippen LogP contribution >= 0.6 is 23.4 Å². The van der Waals surface area contributed by atoms with E-state index >= 15 is 0 Å². The molecule has 1 heterocycles. The predicted octanol–water partition coefficient (Wildman–Crippen LogP) is 2.47. The van der Waals surface area contributed by atoms with Crippen LogP contribution in [0.15, 0.2) is 24.3 Å². The largest absolute Gasteiger partial charge is 0.379 e. The second kappa shape index (κ2) is 5.21. The van der Waals surface area contributed by atoms with Gasteiger partial charge in [-0.25, -0.2) is 0 Å². The third-order valence-electron chi connectivity index (χ3n) is 2.40. The van der Waals surface area contributed by atoms with Gasteiger partial charge in [-0.2, -0.15) is 0 Å². The molecule has 0 spiro atoms. The average molecular weight is 244 g/mol. The van der Waals surface area contributed by atoms with Crippen LogP contribution in [0.1, 0.15) is 10.8 Å². The lowest BCUT2D eigenvalue weighted by molar-refractivity contribution is 0.0453. The maximum Gasteiger partial charge on any atom is 0.0608 e. The Morgan fingerprint density at radius 3 is 2.87 bits per heavy atom. The Kier molecular flexibility index (Phi) is 3.92. The second-order valence-corrected chi connectivity index (χ2v) is 5.52. The minimum Gasteiger partial charge on any atom is -0.379 e. The van der Waals surface area contributed by atoms with Gasteiger partial charge in [0.05, 0.1) is 18.5 Å². The summed E-state index contributed by atoms with van der Waals surface area (Å²) >= 11 is 7.84. The maximum absolute atomic E-state index is 5.96. The van der Waals surface area contributed by atoms with Crippen LogP contribution in [0.3, 0.4) is 0 Å². The molecule has 4 heteroatoms. The Bertz CT molecular complexity index is 330. The molecule has 1 saturated heterocycles. The first-order chi connectivity index (χ1) is 7.29. The van der Waals surface area contributed by atoms with E-state index in [1.165, 1.54) is 5.56 Å². The lowest BCUT2D eigenvalue weighted by atomic mass is 10.1. The van der Waals surface area contributed by atoms with E-state index in [0.29, 0.717) is 17.0 Å². The average Bonchev–Trinajstić information content (AvgIpc) is 2.16. The SMILES string of the molecule is NCC(SC1COC1)c1cccc(Cl)c1. The monoisotopic (exact) mass is 243 g/mol. The lowest BCUT2D eigenvalue weighted by Crippen LogP contribution is -2.32. The molecule has 0 amide bonds. The van der Waals surface area contributed by atoms with Gasteiger partial charge in [0.1, 0.15) is 0 Å². The molecule has 1 aliphatic rings. The molecular weight excluding hydrogens is 230 g/mol. The van der Waals surface area contributed by atoms with Gasteiger partial charge in [0.15, 0.2) is 0 Å². The van der Waals surface area contributed by atoms with Crippen LogP contribution in [0.25, 0.3) is 0 Å². The highest BCUT2D eigenvalue weighted by atomic mass is 35.5. The van der Waals surface area contributed by atoms with E-state index in [1.807, 2.05) is 30.0 Å². The van der Waals surface area contributed by atoms with Gasteiger partial charge in [-0.3, -0.25) is 0 Å². The molecule has 1 fully saturated rings. The van der Waals surface area contributed by atoms with E-state index in [4.69, 9.17) is 22.1 Å². The van der Waals surface area contributed by atoms with Crippen molar-refractivity contribution < 1.29 is 4.74 Å². The molecule has 1 unspecified atom stereocenters. The molecule has 0 bridgehead atoms. The third kappa shape index (κ3) is 2.88. The summed E-state index contributed by atoms with van der Waals surface area (Å²) in [7, 11) is 0. The molecule has 0 aliphatic carbocycles. The number of rotatable bonds is 4. The lowest BCUT2D eigenvalue weighted by Gasteiger charge is -2.29. The highest BCUT2D eigenvalue weighted by Crippen LogP contribution is 2.35. The van der Waals surface area contributed by atoms with Gasteiger partial charge in [0, 0.05) is 16.8 Å². The summed E-state index contributed by atoms with van der Waals surface area (Å²) in [6.07, 6.45) is 0. The highest BCUT2D eigenvalue weighted by molar-refractivity contribution is 8.00. The van der Waals surface area contributed by atoms with E-state index in [1.54, 1.807) is 0 Å². The number of halogens is 1. The molecular formula is C11H14ClNOS. The zero-order valence-electron chi connectivity index (χ0n) is 8.36. The minimum atomic E-state index is 0.331. The van der Waals surface area contributed by atoms with Crippen molar-refractivity contribution in [1.29, 1.82) is 0 Å². The molecule has 2 rings (SSSR count). The minimum absolute atomic E-state index is 0.331. The van der Waals surface area contributed by atoms with Gasteiger partial charge in [0.2, 0.25) is 0 Å². The molecule has 1 aliphatic heterocycles. The smallest absolute Gasteiger partial charge is 0.0608 e. The van der Waals surface area contributed by atoms with Gasteiger partial charge in [-0.15, -0.1) is 11.8 Å². The van der Waals surface area contributed by atoms with E-state index in [-0.39, 0.29) is 0 Å². The summed E-state index contributed by atoms with van der Waals surface area (Å²) in [5.41, 5.74) is 6.99. The Morgan fingerprint density at radius 2 is 2.33 bits per heavy atom. The number of ether oxygens (including phenoxy) is 1. The van der Waals surface area contributed by atoms with Crippen molar-refractivity contribution >= 4 is 23.4 Å². The summed E-state index contributed by atoms with van der Waals surface area (Å²) in [6, 6.07) is 7.93. The van der Waals surface area contributed by atoms with E-state index < -0.39 is 0 Å². The molecule has 15 heavy (non-hydrogen) atoms. The summed E-state index contributed by atoms with van der Waals surface area (Å²) in [5, 5.41) is 1.70. The van der Waals surface area contributed by atoms with Crippen LogP contribution in [0, 0.1) is 0 Å². The van der Waals surface area contributed by atoms with Crippen molar-refractivity contribution in [1.82, 2.24) is 0 Å². The van der Waals surface area contributed by atoms with Crippen LogP contribution < -0.4 is 5.73 Å². The Balaban J connectivity index is 2.04. The van der Waals surface area contributed by atoms with Crippen molar-refractivity contribution in [2.75, 3.05) is 19.8 Å². The summed E-state index contributed by atoms with van der Waals surface area (Å²) < 4.78 is 5.15. The first-order valence-electron chi connectivity index (χ1n) is 4.98. The maximum atomic E-state index is 5.96. The Labute approximate surface area is 99.1 Å². The van der Waals surface area contributed by atoms with Gasteiger partial charge in [-0.05, 0) is 17.7 Å². The van der Waals surface area contributed by atoms with Crippen molar-refractivity contribution in [2.45, 2.75) is 10.5 Å². The standard InChI is InChI=1S/C11H14ClNOS/c12-9-3-1-2-8(4-9)11(5-13)15-10-6-14-7-10/h1-4,10-11H,5-7,13H2. The zero-order valence-corrected chi connectivity index (χ0v) is 9.93. The number of thioether (sulfide) groups is 1. The number of nitrogens with two attached hydrogens (primary N) is 1. The number of benzene rings is 1. The van der Waals surface area contributed by atoms with Crippen LogP contribution in [-0.4, -0.2) is 25.0 Å². The molecule has 1 aromatic rings. The van der Waals surface area contributed by atoms with Crippen LogP contribution in [0.4, 0.5) is 0 Å². The second-order valence-electron chi connectivity index (χ2n) is 3.57. The highest BCUT2D eigenvalue weighted by Gasteiger charge is 2.23. The molecule has 0 radical (unpaired) electrons. The summed E-state index contributed by atoms with van der Waals surface area (Å²) in [6.45, 7) is 2.34. The molecule has 2 nitrogen and oxygen atoms in total. The quantitative estimate of drug-likeness (QED) is 0.883. The first-order valence-corrected chi connectivity index (χ1v) is 6.30. The van der Waals surface area contributed by atoms with Gasteiger partial charge < -0.3 is 10.5 Å². The molecule has 82 valence electrons. The van der Waals surface area contributed by atoms with Crippen LogP contribution in [0.2, 0.25) is 5.02 Å². The van der Waals surface area contributed by atoms with Gasteiger partial charge in [0.25, 0.3) is 0 Å². The molecule has 1 aromatic carbocycles. The summed E-state index contributed by atoms with van der Waals surface area (Å²) in [4.78, 5) is 0. The van der Waals surface area contributed by atoms with Gasteiger partial charge >= 0.3 is 0 Å². The number of hydrogen-bond donors (Lipinski definition) is 1. The molecule has 1 atom stereocenters. The number of hydrogen-bond acceptors (Lipinski definition) is 3. The summed E-state index contributed by atoms with van der Waals surface area (Å²) in [5.74, 6) is 0. The van der Waals surface area contributed by atoms with E-state index in [0.717, 1.165) is 18.2 Å². The third-order valence-corrected chi connectivity index (χ3v) is 4.08. The first kappa shape index (κ1) is 11.3. The van der Waals surface area contributed by atoms with Crippen molar-refractivity contribution in [3.63, 3.8) is 0 Å². The molecule has 0 saturated carbocycles. The van der Waals surface area contributed by atoms with Crippen LogP contribution in [-0.2, 0) is 4.74 Å². The van der Waals surface area contributed by atoms with Gasteiger partial charge in [-0.1, -0.05) is 23.7 Å². The van der Waals surface area contributed by atoms with Crippen molar-refractivity contribution in [3.05, 3.63) is 34.9 Å². The predicted molar refractivity (Wildman–Crippen MR) is 65.4 cm³/mol. The van der Waals surface area contributed by atoms with E-state index in [9.17, 15) is 0 Å². The fraction of sp³-hybridized carbons (Fsp3) is 0.455. The van der Waals surface area contributed by atoms with E-state index in [2.05, 4.69) is 6.07 Å². The normalized spacial score (nSPS) is 18.5. The molecule has 2 N–H and O–H groups in total. The topological polar surface area (TPSA) is 35.2 Å². The van der Waals surface area contributed by atoms with Crippen molar-refractivity contribution in [3.8, 4) is 0 Å². The fourth-order valence-corrected chi connectivity index (χ4v) is 2.93. The Morgan fingerprint density at radius 1 is 1.53 bits per heavy atom. The van der Waals surface area contributed by atoms with Crippen LogP contribution in [0.5, 0.6) is 0 Å².